The van der Waals surface area contributed by atoms with Crippen LogP contribution < -0.4 is 20.1 Å². The van der Waals surface area contributed by atoms with Gasteiger partial charge in [0.25, 0.3) is 15.9 Å². The Hall–Kier alpha value is -5.29. The van der Waals surface area contributed by atoms with E-state index in [1.165, 1.54) is 36.7 Å². The molecule has 1 heterocycles. The zero-order valence-electron chi connectivity index (χ0n) is 22.7. The number of nitrogens with one attached hydrogen (secondary N) is 3. The van der Waals surface area contributed by atoms with Crippen molar-refractivity contribution in [1.29, 1.82) is 0 Å². The highest BCUT2D eigenvalue weighted by Crippen LogP contribution is 2.26. The lowest BCUT2D eigenvalue weighted by Gasteiger charge is -2.14. The van der Waals surface area contributed by atoms with Gasteiger partial charge in [0.15, 0.2) is 0 Å². The van der Waals surface area contributed by atoms with E-state index >= 15 is 0 Å². The summed E-state index contributed by atoms with van der Waals surface area (Å²) in [5.41, 5.74) is 2.21. The number of nitrogens with zero attached hydrogens (tertiary/aromatic N) is 2. The van der Waals surface area contributed by atoms with Crippen molar-refractivity contribution in [3.63, 3.8) is 0 Å². The van der Waals surface area contributed by atoms with Gasteiger partial charge in [-0.25, -0.2) is 23.1 Å². The molecule has 0 saturated heterocycles. The summed E-state index contributed by atoms with van der Waals surface area (Å²) in [5.74, 6) is -0.237. The molecule has 1 aromatic heterocycles. The first-order chi connectivity index (χ1) is 20.2. The third kappa shape index (κ3) is 6.53. The number of carbonyl (C=O) groups excluding carboxylic acids is 2. The first-order valence-electron chi connectivity index (χ1n) is 12.9. The minimum atomic E-state index is -3.89. The van der Waals surface area contributed by atoms with E-state index in [1.54, 1.807) is 37.4 Å². The van der Waals surface area contributed by atoms with Crippen molar-refractivity contribution in [2.24, 2.45) is 0 Å². The number of fused-ring (bicyclic) bond motifs is 1. The highest BCUT2D eigenvalue weighted by molar-refractivity contribution is 7.92. The van der Waals surface area contributed by atoms with Gasteiger partial charge in [0.05, 0.1) is 17.9 Å². The molecule has 11 heteroatoms. The van der Waals surface area contributed by atoms with E-state index in [9.17, 15) is 18.0 Å². The highest BCUT2D eigenvalue weighted by Gasteiger charge is 2.18. The van der Waals surface area contributed by atoms with Crippen molar-refractivity contribution in [1.82, 2.24) is 9.97 Å². The minimum absolute atomic E-state index is 0.00815. The van der Waals surface area contributed by atoms with Crippen LogP contribution in [-0.4, -0.2) is 37.3 Å². The summed E-state index contributed by atoms with van der Waals surface area (Å²) in [5, 5.41) is 7.67. The Kier molecular flexibility index (Phi) is 8.12. The molecule has 0 radical (unpaired) electrons. The number of ether oxygens (including phenoxy) is 1. The van der Waals surface area contributed by atoms with Gasteiger partial charge in [0.1, 0.15) is 5.75 Å². The number of carbonyl (C=O) groups is 2. The fourth-order valence-electron chi connectivity index (χ4n) is 4.20. The van der Waals surface area contributed by atoms with Gasteiger partial charge in [-0.1, -0.05) is 24.3 Å². The van der Waals surface area contributed by atoms with E-state index in [4.69, 9.17) is 4.74 Å². The molecule has 5 aromatic rings. The van der Waals surface area contributed by atoms with Crippen molar-refractivity contribution in [3.8, 4) is 5.75 Å². The average Bonchev–Trinajstić information content (AvgIpc) is 3.01. The lowest BCUT2D eigenvalue weighted by atomic mass is 9.97. The lowest BCUT2D eigenvalue weighted by molar-refractivity contribution is -0.117. The summed E-state index contributed by atoms with van der Waals surface area (Å²) in [6, 6.07) is 25.4. The van der Waals surface area contributed by atoms with E-state index < -0.39 is 15.9 Å². The molecule has 5 rings (SSSR count). The number of benzene rings is 4. The standard InChI is InChI=1S/C31H27N5O5S/c1-20(22-4-5-24-19-27(41-2)13-8-23(24)18-22)29(37)34-25-9-6-21(7-10-25)30(38)35-26-11-14-28(15-12-26)42(39,40)36-31-32-16-3-17-33-31/h3-20H,1-2H3,(H,34,37)(H,35,38)(H,32,33,36). The van der Waals surface area contributed by atoms with Crippen LogP contribution in [0.25, 0.3) is 10.8 Å². The van der Waals surface area contributed by atoms with E-state index in [2.05, 4.69) is 25.3 Å². The Bertz CT molecular complexity index is 1850. The molecular formula is C31H27N5O5S. The van der Waals surface area contributed by atoms with Gasteiger partial charge in [-0.3, -0.25) is 9.59 Å². The number of anilines is 3. The first-order valence-corrected chi connectivity index (χ1v) is 14.4. The predicted octanol–water partition coefficient (Wildman–Crippen LogP) is 5.43. The van der Waals surface area contributed by atoms with Crippen LogP contribution in [0.5, 0.6) is 5.75 Å². The Balaban J connectivity index is 1.18. The lowest BCUT2D eigenvalue weighted by Crippen LogP contribution is -2.19. The van der Waals surface area contributed by atoms with Crippen LogP contribution in [-0.2, 0) is 14.8 Å². The fraction of sp³-hybridized carbons (Fsp3) is 0.0968. The largest absolute Gasteiger partial charge is 0.497 e. The number of rotatable bonds is 9. The van der Waals surface area contributed by atoms with Crippen LogP contribution >= 0.6 is 0 Å². The van der Waals surface area contributed by atoms with E-state index in [-0.39, 0.29) is 22.7 Å². The monoisotopic (exact) mass is 581 g/mol. The van der Waals surface area contributed by atoms with Gasteiger partial charge in [-0.05, 0) is 90.0 Å². The minimum Gasteiger partial charge on any atom is -0.497 e. The van der Waals surface area contributed by atoms with Crippen molar-refractivity contribution in [3.05, 3.63) is 115 Å². The number of amides is 2. The van der Waals surface area contributed by atoms with Crippen LogP contribution in [0.15, 0.2) is 108 Å². The maximum absolute atomic E-state index is 12.9. The smallest absolute Gasteiger partial charge is 0.264 e. The average molecular weight is 582 g/mol. The molecule has 2 amide bonds. The number of hydrogen-bond acceptors (Lipinski definition) is 7. The normalized spacial score (nSPS) is 11.9. The molecule has 0 aliphatic rings. The van der Waals surface area contributed by atoms with Crippen molar-refractivity contribution >= 4 is 49.9 Å². The van der Waals surface area contributed by atoms with Gasteiger partial charge in [-0.15, -0.1) is 0 Å². The van der Waals surface area contributed by atoms with Crippen LogP contribution in [0, 0.1) is 0 Å². The molecule has 1 unspecified atom stereocenters. The fourth-order valence-corrected chi connectivity index (χ4v) is 5.16. The number of hydrogen-bond donors (Lipinski definition) is 3. The molecule has 42 heavy (non-hydrogen) atoms. The maximum Gasteiger partial charge on any atom is 0.264 e. The quantitative estimate of drug-likeness (QED) is 0.211. The molecule has 212 valence electrons. The van der Waals surface area contributed by atoms with Crippen LogP contribution in [0.1, 0.15) is 28.8 Å². The summed E-state index contributed by atoms with van der Waals surface area (Å²) in [6.07, 6.45) is 2.85. The molecule has 0 saturated carbocycles. The molecule has 1 atom stereocenters. The molecule has 0 fully saturated rings. The molecule has 4 aromatic carbocycles. The summed E-state index contributed by atoms with van der Waals surface area (Å²) >= 11 is 0. The number of methoxy groups -OCH3 is 1. The van der Waals surface area contributed by atoms with E-state index in [0.29, 0.717) is 16.9 Å². The molecule has 10 nitrogen and oxygen atoms in total. The Morgan fingerprint density at radius 3 is 2.10 bits per heavy atom. The van der Waals surface area contributed by atoms with E-state index in [0.717, 1.165) is 22.1 Å². The van der Waals surface area contributed by atoms with Crippen LogP contribution in [0.3, 0.4) is 0 Å². The molecule has 0 spiro atoms. The SMILES string of the molecule is COc1ccc2cc(C(C)C(=O)Nc3ccc(C(=O)Nc4ccc(S(=O)(=O)Nc5ncccn5)cc4)cc3)ccc2c1. The summed E-state index contributed by atoms with van der Waals surface area (Å²) < 4.78 is 32.7. The third-order valence-electron chi connectivity index (χ3n) is 6.59. The Morgan fingerprint density at radius 2 is 1.40 bits per heavy atom. The molecule has 0 bridgehead atoms. The second-order valence-corrected chi connectivity index (χ2v) is 11.1. The third-order valence-corrected chi connectivity index (χ3v) is 7.94. The van der Waals surface area contributed by atoms with E-state index in [1.807, 2.05) is 43.3 Å². The summed E-state index contributed by atoms with van der Waals surface area (Å²) in [6.45, 7) is 1.84. The Labute approximate surface area is 242 Å². The van der Waals surface area contributed by atoms with Crippen molar-refractivity contribution < 1.29 is 22.7 Å². The van der Waals surface area contributed by atoms with Gasteiger partial charge in [0.2, 0.25) is 11.9 Å². The predicted molar refractivity (Wildman–Crippen MR) is 161 cm³/mol. The van der Waals surface area contributed by atoms with Gasteiger partial charge in [-0.2, -0.15) is 0 Å². The zero-order valence-corrected chi connectivity index (χ0v) is 23.6. The number of aromatic nitrogens is 2. The first kappa shape index (κ1) is 28.2. The molecule has 0 aliphatic heterocycles. The van der Waals surface area contributed by atoms with Gasteiger partial charge < -0.3 is 15.4 Å². The van der Waals surface area contributed by atoms with Crippen LogP contribution in [0.2, 0.25) is 0 Å². The summed E-state index contributed by atoms with van der Waals surface area (Å²) in [4.78, 5) is 33.4. The van der Waals surface area contributed by atoms with Crippen molar-refractivity contribution in [2.75, 3.05) is 22.5 Å². The number of sulfonamides is 1. The second kappa shape index (κ2) is 12.1. The highest BCUT2D eigenvalue weighted by atomic mass is 32.2. The van der Waals surface area contributed by atoms with Crippen LogP contribution in [0.4, 0.5) is 17.3 Å². The molecular weight excluding hydrogens is 554 g/mol. The summed E-state index contributed by atoms with van der Waals surface area (Å²) in [7, 11) is -2.27. The second-order valence-electron chi connectivity index (χ2n) is 9.42. The molecule has 0 aliphatic carbocycles. The topological polar surface area (TPSA) is 139 Å². The zero-order chi connectivity index (χ0) is 29.7. The van der Waals surface area contributed by atoms with Gasteiger partial charge in [0, 0.05) is 29.3 Å². The molecule has 3 N–H and O–H groups in total. The van der Waals surface area contributed by atoms with Gasteiger partial charge >= 0.3 is 0 Å². The Morgan fingerprint density at radius 1 is 0.786 bits per heavy atom. The van der Waals surface area contributed by atoms with Crippen molar-refractivity contribution in [2.45, 2.75) is 17.7 Å². The maximum atomic E-state index is 12.9.